The summed E-state index contributed by atoms with van der Waals surface area (Å²) in [6.07, 6.45) is 3.04. The average molecular weight is 459 g/mol. The van der Waals surface area contributed by atoms with Crippen LogP contribution in [0.2, 0.25) is 0 Å². The summed E-state index contributed by atoms with van der Waals surface area (Å²) in [5, 5.41) is 23.2. The van der Waals surface area contributed by atoms with E-state index >= 15 is 0 Å². The molecule has 2 aliphatic rings. The molecule has 1 heterocycles. The van der Waals surface area contributed by atoms with Crippen molar-refractivity contribution in [3.63, 3.8) is 0 Å². The van der Waals surface area contributed by atoms with Crippen LogP contribution in [0.25, 0.3) is 0 Å². The Morgan fingerprint density at radius 1 is 1.33 bits per heavy atom. The van der Waals surface area contributed by atoms with Crippen LogP contribution in [-0.4, -0.2) is 78.1 Å². The van der Waals surface area contributed by atoms with Gasteiger partial charge in [0.05, 0.1) is 18.6 Å². The number of hydrogen-bond donors (Lipinski definition) is 3. The normalized spacial score (nSPS) is 23.1. The zero-order valence-electron chi connectivity index (χ0n) is 19.1. The molecule has 0 saturated heterocycles. The van der Waals surface area contributed by atoms with Gasteiger partial charge in [0.2, 0.25) is 11.8 Å². The minimum atomic E-state index is -1.02. The van der Waals surface area contributed by atoms with Crippen LogP contribution in [0.5, 0.6) is 5.75 Å². The molecule has 0 aromatic heterocycles. The molecule has 180 valence electrons. The number of aliphatic hydroxyl groups excluding tert-OH is 2. The summed E-state index contributed by atoms with van der Waals surface area (Å²) < 4.78 is 11.5. The quantitative estimate of drug-likeness (QED) is 0.324. The molecule has 1 aromatic rings. The highest BCUT2D eigenvalue weighted by Crippen LogP contribution is 2.47. The molecule has 2 amide bonds. The number of carbonyl (C=O) groups is 2. The minimum absolute atomic E-state index is 0.111. The molecule has 8 heteroatoms. The highest BCUT2D eigenvalue weighted by atomic mass is 16.5. The van der Waals surface area contributed by atoms with Gasteiger partial charge in [0.15, 0.2) is 0 Å². The van der Waals surface area contributed by atoms with E-state index in [-0.39, 0.29) is 31.4 Å². The Morgan fingerprint density at radius 3 is 2.85 bits per heavy atom. The summed E-state index contributed by atoms with van der Waals surface area (Å²) in [6.45, 7) is 6.98. The van der Waals surface area contributed by atoms with Crippen molar-refractivity contribution >= 4 is 11.8 Å². The van der Waals surface area contributed by atoms with E-state index in [0.29, 0.717) is 43.9 Å². The van der Waals surface area contributed by atoms with Crippen molar-refractivity contribution in [2.75, 3.05) is 32.9 Å². The fourth-order valence-corrected chi connectivity index (χ4v) is 4.48. The van der Waals surface area contributed by atoms with Crippen LogP contribution in [0, 0.1) is 0 Å². The predicted molar refractivity (Wildman–Crippen MR) is 124 cm³/mol. The average Bonchev–Trinajstić information content (AvgIpc) is 3.22. The van der Waals surface area contributed by atoms with Gasteiger partial charge < -0.3 is 29.9 Å². The molecule has 3 rings (SSSR count). The highest BCUT2D eigenvalue weighted by Gasteiger charge is 2.50. The van der Waals surface area contributed by atoms with E-state index in [4.69, 9.17) is 14.6 Å². The van der Waals surface area contributed by atoms with Gasteiger partial charge in [-0.1, -0.05) is 24.3 Å². The molecular weight excluding hydrogens is 424 g/mol. The zero-order chi connectivity index (χ0) is 23.8. The van der Waals surface area contributed by atoms with Crippen LogP contribution in [-0.2, 0) is 14.3 Å². The molecule has 0 radical (unpaired) electrons. The van der Waals surface area contributed by atoms with Crippen molar-refractivity contribution in [3.05, 3.63) is 54.1 Å². The van der Waals surface area contributed by atoms with Gasteiger partial charge in [-0.2, -0.15) is 0 Å². The molecule has 1 aromatic carbocycles. The summed E-state index contributed by atoms with van der Waals surface area (Å²) in [7, 11) is 0. The van der Waals surface area contributed by atoms with Crippen LogP contribution in [0.4, 0.5) is 0 Å². The molecule has 3 N–H and O–H groups in total. The lowest BCUT2D eigenvalue weighted by molar-refractivity contribution is -0.137. The first-order valence-electron chi connectivity index (χ1n) is 11.6. The van der Waals surface area contributed by atoms with E-state index in [9.17, 15) is 14.7 Å². The molecule has 0 spiro atoms. The first-order chi connectivity index (χ1) is 16.0. The number of benzene rings is 1. The van der Waals surface area contributed by atoms with Gasteiger partial charge in [-0.3, -0.25) is 9.59 Å². The second kappa shape index (κ2) is 12.0. The molecule has 1 aliphatic carbocycles. The molecule has 33 heavy (non-hydrogen) atoms. The van der Waals surface area contributed by atoms with E-state index in [1.165, 1.54) is 0 Å². The Bertz CT molecular complexity index is 870. The van der Waals surface area contributed by atoms with E-state index in [1.807, 2.05) is 31.2 Å². The lowest BCUT2D eigenvalue weighted by Gasteiger charge is -2.40. The second-order valence-corrected chi connectivity index (χ2v) is 8.15. The standard InChI is InChI=1S/C25H34N2O6/c1-3-5-11-21(29)27(13-8-15-32-4-2)19-16-18(25(31)26-12-14-28)22-17-9-6-7-10-20(17)33-24(22)23(19)30/h3,6-7,9-10,16,19,22-24,28,30H,1,4-5,8,11-15H2,2H3,(H,26,31)/t19-,22+,23+,24+/m1/s1. The number of nitrogens with zero attached hydrogens (tertiary/aromatic N) is 1. The Hall–Kier alpha value is -2.68. The van der Waals surface area contributed by atoms with Crippen LogP contribution in [0.1, 0.15) is 37.7 Å². The van der Waals surface area contributed by atoms with Gasteiger partial charge in [0.1, 0.15) is 18.0 Å². The molecule has 4 atom stereocenters. The largest absolute Gasteiger partial charge is 0.486 e. The molecule has 8 nitrogen and oxygen atoms in total. The van der Waals surface area contributed by atoms with Crippen molar-refractivity contribution < 1.29 is 29.3 Å². The smallest absolute Gasteiger partial charge is 0.247 e. The highest BCUT2D eigenvalue weighted by molar-refractivity contribution is 5.96. The number of fused-ring (bicyclic) bond motifs is 3. The molecule has 0 unspecified atom stereocenters. The van der Waals surface area contributed by atoms with Crippen LogP contribution < -0.4 is 10.1 Å². The van der Waals surface area contributed by atoms with Crippen LogP contribution >= 0.6 is 0 Å². The summed E-state index contributed by atoms with van der Waals surface area (Å²) >= 11 is 0. The Labute approximate surface area is 194 Å². The first kappa shape index (κ1) is 25.0. The van der Waals surface area contributed by atoms with Gasteiger partial charge in [-0.15, -0.1) is 6.58 Å². The molecule has 1 aliphatic heterocycles. The molecule has 0 bridgehead atoms. The summed E-state index contributed by atoms with van der Waals surface area (Å²) in [5.74, 6) is -0.312. The monoisotopic (exact) mass is 458 g/mol. The fourth-order valence-electron chi connectivity index (χ4n) is 4.48. The maximum absolute atomic E-state index is 13.1. The van der Waals surface area contributed by atoms with Crippen LogP contribution in [0.15, 0.2) is 48.6 Å². The SMILES string of the molecule is C=CCCC(=O)N(CCCOCC)[C@@H]1C=C(C(=O)NCCO)[C@@H]2c3ccccc3O[C@@H]2[C@H]1O. The molecule has 0 saturated carbocycles. The number of allylic oxidation sites excluding steroid dienone is 1. The molecule has 0 fully saturated rings. The van der Waals surface area contributed by atoms with Crippen molar-refractivity contribution in [2.24, 2.45) is 0 Å². The van der Waals surface area contributed by atoms with Crippen LogP contribution in [0.3, 0.4) is 0 Å². The predicted octanol–water partition coefficient (Wildman–Crippen LogP) is 1.53. The topological polar surface area (TPSA) is 108 Å². The Morgan fingerprint density at radius 2 is 2.12 bits per heavy atom. The van der Waals surface area contributed by atoms with Crippen molar-refractivity contribution in [1.82, 2.24) is 10.2 Å². The summed E-state index contributed by atoms with van der Waals surface area (Å²) in [4.78, 5) is 27.8. The number of para-hydroxylation sites is 1. The zero-order valence-corrected chi connectivity index (χ0v) is 19.1. The number of nitrogens with one attached hydrogen (secondary N) is 1. The fraction of sp³-hybridized carbons (Fsp3) is 0.520. The van der Waals surface area contributed by atoms with E-state index < -0.39 is 24.2 Å². The van der Waals surface area contributed by atoms with E-state index in [1.54, 1.807) is 17.1 Å². The van der Waals surface area contributed by atoms with Gasteiger partial charge >= 0.3 is 0 Å². The number of carbonyl (C=O) groups excluding carboxylic acids is 2. The van der Waals surface area contributed by atoms with Gasteiger partial charge in [-0.05, 0) is 31.9 Å². The molecular formula is C25H34N2O6. The van der Waals surface area contributed by atoms with E-state index in [2.05, 4.69) is 11.9 Å². The van der Waals surface area contributed by atoms with Gasteiger partial charge in [-0.25, -0.2) is 0 Å². The van der Waals surface area contributed by atoms with Crippen molar-refractivity contribution in [2.45, 2.75) is 50.4 Å². The minimum Gasteiger partial charge on any atom is -0.486 e. The Balaban J connectivity index is 1.96. The number of aliphatic hydroxyl groups is 2. The van der Waals surface area contributed by atoms with Crippen molar-refractivity contribution in [3.8, 4) is 5.75 Å². The third-order valence-corrected chi connectivity index (χ3v) is 6.01. The number of ether oxygens (including phenoxy) is 2. The lowest BCUT2D eigenvalue weighted by Crippen LogP contribution is -2.56. The van der Waals surface area contributed by atoms with Gasteiger partial charge in [0, 0.05) is 43.9 Å². The summed E-state index contributed by atoms with van der Waals surface area (Å²) in [5.41, 5.74) is 1.26. The van der Waals surface area contributed by atoms with E-state index in [0.717, 1.165) is 5.56 Å². The third kappa shape index (κ3) is 5.63. The number of amides is 2. The Kier molecular flexibility index (Phi) is 9.05. The van der Waals surface area contributed by atoms with Crippen molar-refractivity contribution in [1.29, 1.82) is 0 Å². The third-order valence-electron chi connectivity index (χ3n) is 6.01. The van der Waals surface area contributed by atoms with Gasteiger partial charge in [0.25, 0.3) is 0 Å². The number of hydrogen-bond acceptors (Lipinski definition) is 6. The maximum Gasteiger partial charge on any atom is 0.247 e. The summed E-state index contributed by atoms with van der Waals surface area (Å²) in [6, 6.07) is 6.68. The second-order valence-electron chi connectivity index (χ2n) is 8.15. The lowest BCUT2D eigenvalue weighted by atomic mass is 9.77. The number of rotatable bonds is 12. The maximum atomic E-state index is 13.1. The first-order valence-corrected chi connectivity index (χ1v) is 11.6.